The first-order valence-electron chi connectivity index (χ1n) is 15.6. The van der Waals surface area contributed by atoms with Crippen LogP contribution in [-0.2, 0) is 37.9 Å². The van der Waals surface area contributed by atoms with Gasteiger partial charge in [-0.2, -0.15) is 0 Å². The molecule has 1 aliphatic heterocycles. The van der Waals surface area contributed by atoms with Gasteiger partial charge in [-0.05, 0) is 53.7 Å². The normalized spacial score (nSPS) is 13.3. The van der Waals surface area contributed by atoms with Crippen molar-refractivity contribution in [3.63, 3.8) is 0 Å². The highest BCUT2D eigenvalue weighted by molar-refractivity contribution is 7.86. The molecule has 1 heterocycles. The average Bonchev–Trinajstić information content (AvgIpc) is 2.99. The van der Waals surface area contributed by atoms with Crippen LogP contribution in [0.5, 0.6) is 11.5 Å². The number of nitrogens with zero attached hydrogens (tertiary/aromatic N) is 1. The second kappa shape index (κ2) is 14.5. The van der Waals surface area contributed by atoms with Crippen LogP contribution >= 0.6 is 0 Å². The molecule has 4 rings (SSSR count). The summed E-state index contributed by atoms with van der Waals surface area (Å²) in [6, 6.07) is 13.1. The van der Waals surface area contributed by atoms with Crippen molar-refractivity contribution in [3.8, 4) is 11.5 Å². The Balaban J connectivity index is 1.96. The van der Waals surface area contributed by atoms with E-state index in [0.717, 1.165) is 0 Å². The fraction of sp³-hybridized carbons (Fsp3) is 0.371. The molecule has 0 bridgehead atoms. The number of Topliss-reactive ketones (excluding diaryl/α,β-unsaturated/α-hetero) is 1. The predicted octanol–water partition coefficient (Wildman–Crippen LogP) is 4.26. The number of rotatable bonds is 13. The Morgan fingerprint density at radius 1 is 0.894 bits per heavy atom. The van der Waals surface area contributed by atoms with E-state index in [4.69, 9.17) is 4.74 Å². The zero-order chi connectivity index (χ0) is 34.7. The van der Waals surface area contributed by atoms with Gasteiger partial charge in [-0.25, -0.2) is 16.8 Å². The van der Waals surface area contributed by atoms with Gasteiger partial charge >= 0.3 is 0 Å². The molecule has 0 unspecified atom stereocenters. The minimum atomic E-state index is -5.15. The van der Waals surface area contributed by atoms with E-state index in [0.29, 0.717) is 48.9 Å². The fourth-order valence-corrected chi connectivity index (χ4v) is 7.52. The molecule has 3 aromatic rings. The van der Waals surface area contributed by atoms with E-state index in [-0.39, 0.29) is 63.5 Å². The number of carbonyl (C=O) groups is 2. The third-order valence-corrected chi connectivity index (χ3v) is 10.0. The minimum Gasteiger partial charge on any atom is -0.744 e. The molecule has 0 aromatic heterocycles. The molecule has 0 fully saturated rings. The van der Waals surface area contributed by atoms with Crippen molar-refractivity contribution >= 4 is 43.6 Å². The van der Waals surface area contributed by atoms with Gasteiger partial charge in [0.25, 0.3) is 5.91 Å². The molecule has 0 aliphatic carbocycles. The molecule has 47 heavy (non-hydrogen) atoms. The van der Waals surface area contributed by atoms with Crippen molar-refractivity contribution in [2.75, 3.05) is 13.6 Å². The summed E-state index contributed by atoms with van der Waals surface area (Å²) in [5.74, 6) is -0.994. The summed E-state index contributed by atoms with van der Waals surface area (Å²) < 4.78 is 82.3. The monoisotopic (exact) mass is 681 g/mol. The molecule has 12 heteroatoms. The third kappa shape index (κ3) is 7.83. The van der Waals surface area contributed by atoms with Gasteiger partial charge in [-0.3, -0.25) is 9.59 Å². The van der Waals surface area contributed by atoms with Crippen LogP contribution in [0.4, 0.5) is 0 Å². The first-order chi connectivity index (χ1) is 22.1. The Morgan fingerprint density at radius 3 is 2.19 bits per heavy atom. The lowest BCUT2D eigenvalue weighted by atomic mass is 9.90. The number of hydrogen-bond donors (Lipinski definition) is 0. The zero-order valence-corrected chi connectivity index (χ0v) is 28.8. The topological polar surface area (TPSA) is 161 Å². The lowest BCUT2D eigenvalue weighted by molar-refractivity contribution is -0.122. The Bertz CT molecular complexity index is 2050. The van der Waals surface area contributed by atoms with E-state index in [1.807, 2.05) is 20.8 Å². The maximum Gasteiger partial charge on any atom is 0.253 e. The van der Waals surface area contributed by atoms with Crippen molar-refractivity contribution in [1.82, 2.24) is 4.90 Å². The maximum atomic E-state index is 13.7. The van der Waals surface area contributed by atoms with Gasteiger partial charge in [-0.1, -0.05) is 82.7 Å². The third-order valence-electron chi connectivity index (χ3n) is 8.16. The molecule has 0 saturated carbocycles. The number of benzene rings is 3. The Labute approximate surface area is 276 Å². The zero-order valence-electron chi connectivity index (χ0n) is 27.2. The van der Waals surface area contributed by atoms with E-state index in [1.165, 1.54) is 17.0 Å². The summed E-state index contributed by atoms with van der Waals surface area (Å²) in [5, 5.41) is 0.314. The highest BCUT2D eigenvalue weighted by Crippen LogP contribution is 2.42. The molecule has 0 N–H and O–H groups in total. The maximum absolute atomic E-state index is 13.7. The van der Waals surface area contributed by atoms with Crippen LogP contribution in [0, 0.1) is 5.92 Å². The van der Waals surface area contributed by atoms with Gasteiger partial charge in [0.15, 0.2) is 11.5 Å². The predicted molar refractivity (Wildman–Crippen MR) is 176 cm³/mol. The number of aryl methyl sites for hydroxylation is 1. The summed E-state index contributed by atoms with van der Waals surface area (Å²) in [6.45, 7) is 7.58. The van der Waals surface area contributed by atoms with Crippen LogP contribution in [0.3, 0.4) is 0 Å². The molecular weight excluding hydrogens is 643 g/mol. The van der Waals surface area contributed by atoms with Crippen LogP contribution in [0.1, 0.15) is 80.4 Å². The molecule has 3 aromatic carbocycles. The Kier molecular flexibility index (Phi) is 11.1. The van der Waals surface area contributed by atoms with E-state index in [1.54, 1.807) is 56.4 Å². The van der Waals surface area contributed by atoms with E-state index >= 15 is 0 Å². The quantitative estimate of drug-likeness (QED) is 0.240. The van der Waals surface area contributed by atoms with Crippen molar-refractivity contribution in [2.45, 2.75) is 76.0 Å². The Morgan fingerprint density at radius 2 is 1.57 bits per heavy atom. The van der Waals surface area contributed by atoms with Gasteiger partial charge < -0.3 is 18.7 Å². The van der Waals surface area contributed by atoms with Crippen LogP contribution in [0.15, 0.2) is 58.3 Å². The van der Waals surface area contributed by atoms with E-state index in [2.05, 4.69) is 0 Å². The number of ether oxygens (including phenoxy) is 1. The number of carbonyl (C=O) groups excluding carboxylic acids is 2. The van der Waals surface area contributed by atoms with Gasteiger partial charge in [0.2, 0.25) is 0 Å². The largest absolute Gasteiger partial charge is 0.744 e. The standard InChI is InChI=1S/C35H41NO9S2/c1-6-11-23-16-18-27-29(21-25-13-8-9-14-26(25)35(38)36(5)20-10-15-30(37)22(3)4)28-19-17-24(12-7-2)34(47(42,43)44)32(28)45-31(27)33(23)46(39,40)41/h8-9,11,13-14,16-19,22H,6-7,10,12,15,20-21H2,1-5H3,(H,39,40,41)(H,42,43,44)/p-2/b23-11+. The van der Waals surface area contributed by atoms with Crippen LogP contribution in [0.2, 0.25) is 0 Å². The molecule has 252 valence electrons. The Hall–Kier alpha value is -3.84. The highest BCUT2D eigenvalue weighted by atomic mass is 32.2. The molecule has 0 spiro atoms. The van der Waals surface area contributed by atoms with Crippen LogP contribution < -0.4 is 15.2 Å². The average molecular weight is 682 g/mol. The smallest absolute Gasteiger partial charge is 0.253 e. The second-order valence-electron chi connectivity index (χ2n) is 11.9. The first kappa shape index (κ1) is 36.0. The summed E-state index contributed by atoms with van der Waals surface area (Å²) in [6.07, 6.45) is 3.52. The van der Waals surface area contributed by atoms with Gasteiger partial charge in [0, 0.05) is 42.3 Å². The lowest BCUT2D eigenvalue weighted by Crippen LogP contribution is -2.30. The van der Waals surface area contributed by atoms with Gasteiger partial charge in [-0.15, -0.1) is 0 Å². The van der Waals surface area contributed by atoms with Gasteiger partial charge in [0.1, 0.15) is 35.8 Å². The number of hydrogen-bond acceptors (Lipinski definition) is 9. The summed E-state index contributed by atoms with van der Waals surface area (Å²) >= 11 is 0. The van der Waals surface area contributed by atoms with Crippen LogP contribution in [-0.4, -0.2) is 56.1 Å². The van der Waals surface area contributed by atoms with Crippen molar-refractivity contribution in [3.05, 3.63) is 81.2 Å². The van der Waals surface area contributed by atoms with E-state index in [9.17, 15) is 35.5 Å². The highest BCUT2D eigenvalue weighted by Gasteiger charge is 2.30. The van der Waals surface area contributed by atoms with Gasteiger partial charge in [0.05, 0.1) is 0 Å². The molecule has 1 amide bonds. The molecule has 10 nitrogen and oxygen atoms in total. The SMILES string of the molecule is CC/C=c1\ccc2c(c1S(=O)(=O)[O-])Oc1c(ccc(CCC)c1S(=O)(=O)[O-])C=2Cc1ccccc1C(=O)N(C)CCCC(=O)C(C)C. The number of amides is 1. The lowest BCUT2D eigenvalue weighted by Gasteiger charge is -2.28. The molecule has 1 aliphatic rings. The van der Waals surface area contributed by atoms with Crippen molar-refractivity contribution < 1.29 is 40.3 Å². The summed E-state index contributed by atoms with van der Waals surface area (Å²) in [4.78, 5) is 26.0. The fourth-order valence-electron chi connectivity index (χ4n) is 5.84. The van der Waals surface area contributed by atoms with Crippen LogP contribution in [0.25, 0.3) is 11.6 Å². The molecular formula is C35H39NO9S2-2. The summed E-state index contributed by atoms with van der Waals surface area (Å²) in [5.41, 5.74) is 1.71. The van der Waals surface area contributed by atoms with E-state index < -0.39 is 30.0 Å². The van der Waals surface area contributed by atoms with Crippen molar-refractivity contribution in [1.29, 1.82) is 0 Å². The first-order valence-corrected chi connectivity index (χ1v) is 18.4. The number of ketones is 1. The minimum absolute atomic E-state index is 0.00556. The number of fused-ring (bicyclic) bond motifs is 2. The summed E-state index contributed by atoms with van der Waals surface area (Å²) in [7, 11) is -8.63. The second-order valence-corrected chi connectivity index (χ2v) is 14.6. The molecule has 0 atom stereocenters. The van der Waals surface area contributed by atoms with Crippen molar-refractivity contribution in [2.24, 2.45) is 5.92 Å². The molecule has 0 saturated heterocycles. The molecule has 0 radical (unpaired) electrons.